The van der Waals surface area contributed by atoms with E-state index in [-0.39, 0.29) is 0 Å². The molecular formula is C27H45NO. The summed E-state index contributed by atoms with van der Waals surface area (Å²) >= 11 is 0. The summed E-state index contributed by atoms with van der Waals surface area (Å²) in [6.45, 7) is 5.06. The maximum Gasteiger partial charge on any atom is 0.137 e. The number of rotatable bonds is 11. The van der Waals surface area contributed by atoms with Crippen LogP contribution in [0.1, 0.15) is 109 Å². The minimum Gasteiger partial charge on any atom is -0.492 e. The first-order valence-corrected chi connectivity index (χ1v) is 12.8. The zero-order valence-corrected chi connectivity index (χ0v) is 19.2. The highest BCUT2D eigenvalue weighted by Crippen LogP contribution is 2.38. The largest absolute Gasteiger partial charge is 0.492 e. The average Bonchev–Trinajstić information content (AvgIpc) is 2.77. The topological polar surface area (TPSA) is 22.1 Å². The normalized spacial score (nSPS) is 27.7. The summed E-state index contributed by atoms with van der Waals surface area (Å²) < 4.78 is 5.49. The van der Waals surface area contributed by atoms with Crippen LogP contribution in [0.25, 0.3) is 0 Å². The number of unbranched alkanes of at least 4 members (excludes halogenated alkanes) is 1. The minimum absolute atomic E-state index is 0.713. The molecule has 2 heteroatoms. The number of ether oxygens (including phenoxy) is 1. The van der Waals surface area contributed by atoms with Gasteiger partial charge in [0.15, 0.2) is 0 Å². The molecular weight excluding hydrogens is 354 g/mol. The molecule has 2 fully saturated rings. The fourth-order valence-corrected chi connectivity index (χ4v) is 5.74. The second kappa shape index (κ2) is 12.6. The quantitative estimate of drug-likeness (QED) is 0.376. The Bertz CT molecular complexity index is 538. The summed E-state index contributed by atoms with van der Waals surface area (Å²) in [5.74, 6) is 4.95. The monoisotopic (exact) mass is 399 g/mol. The van der Waals surface area contributed by atoms with Crippen molar-refractivity contribution < 1.29 is 4.74 Å². The first-order chi connectivity index (χ1) is 14.3. The van der Waals surface area contributed by atoms with Crippen LogP contribution in [0, 0.1) is 23.7 Å². The lowest BCUT2D eigenvalue weighted by molar-refractivity contribution is 0.208. The summed E-state index contributed by atoms with van der Waals surface area (Å²) in [6, 6.07) is 4.22. The molecule has 29 heavy (non-hydrogen) atoms. The van der Waals surface area contributed by atoms with Crippen LogP contribution in [0.4, 0.5) is 0 Å². The van der Waals surface area contributed by atoms with Crippen molar-refractivity contribution in [2.75, 3.05) is 6.61 Å². The lowest BCUT2D eigenvalue weighted by Gasteiger charge is -2.32. The third kappa shape index (κ3) is 7.95. The second-order valence-corrected chi connectivity index (χ2v) is 9.95. The average molecular weight is 400 g/mol. The van der Waals surface area contributed by atoms with E-state index in [9.17, 15) is 0 Å². The lowest BCUT2D eigenvalue weighted by atomic mass is 9.74. The van der Waals surface area contributed by atoms with Crippen molar-refractivity contribution in [3.05, 3.63) is 24.0 Å². The van der Waals surface area contributed by atoms with Gasteiger partial charge in [-0.2, -0.15) is 0 Å². The second-order valence-electron chi connectivity index (χ2n) is 9.95. The summed E-state index contributed by atoms with van der Waals surface area (Å²) in [7, 11) is 0. The summed E-state index contributed by atoms with van der Waals surface area (Å²) in [5.41, 5.74) is 1.23. The van der Waals surface area contributed by atoms with Crippen molar-refractivity contribution >= 4 is 0 Å². The third-order valence-corrected chi connectivity index (χ3v) is 7.80. The number of hydrogen-bond donors (Lipinski definition) is 0. The Morgan fingerprint density at radius 3 is 1.79 bits per heavy atom. The van der Waals surface area contributed by atoms with Gasteiger partial charge < -0.3 is 4.74 Å². The van der Waals surface area contributed by atoms with E-state index in [1.165, 1.54) is 95.6 Å². The highest BCUT2D eigenvalue weighted by molar-refractivity contribution is 5.19. The van der Waals surface area contributed by atoms with Gasteiger partial charge in [-0.15, -0.1) is 0 Å². The molecule has 2 aliphatic rings. The predicted molar refractivity (Wildman–Crippen MR) is 123 cm³/mol. The van der Waals surface area contributed by atoms with E-state index in [0.29, 0.717) is 6.61 Å². The van der Waals surface area contributed by atoms with Crippen molar-refractivity contribution in [2.24, 2.45) is 23.7 Å². The Kier molecular flexibility index (Phi) is 9.83. The van der Waals surface area contributed by atoms with Gasteiger partial charge in [0.1, 0.15) is 5.75 Å². The van der Waals surface area contributed by atoms with E-state index in [4.69, 9.17) is 4.74 Å². The van der Waals surface area contributed by atoms with E-state index in [0.717, 1.165) is 35.8 Å². The van der Waals surface area contributed by atoms with Crippen molar-refractivity contribution in [1.29, 1.82) is 0 Å². The SMILES string of the molecule is CCCCC1CCC(CCC2CCC(CCc3ccc(OCC)cn3)CC2)CC1. The van der Waals surface area contributed by atoms with Crippen LogP contribution in [-0.4, -0.2) is 11.6 Å². The van der Waals surface area contributed by atoms with Crippen molar-refractivity contribution in [2.45, 2.75) is 110 Å². The molecule has 0 spiro atoms. The van der Waals surface area contributed by atoms with Crippen LogP contribution < -0.4 is 4.74 Å². The number of aromatic nitrogens is 1. The summed E-state index contributed by atoms with van der Waals surface area (Å²) in [6.07, 6.45) is 23.6. The van der Waals surface area contributed by atoms with Gasteiger partial charge in [0.05, 0.1) is 12.8 Å². The highest BCUT2D eigenvalue weighted by Gasteiger charge is 2.24. The van der Waals surface area contributed by atoms with Crippen molar-refractivity contribution in [3.8, 4) is 5.75 Å². The lowest BCUT2D eigenvalue weighted by Crippen LogP contribution is -2.18. The Labute approximate surface area is 180 Å². The fourth-order valence-electron chi connectivity index (χ4n) is 5.74. The van der Waals surface area contributed by atoms with Crippen LogP contribution in [0.2, 0.25) is 0 Å². The standard InChI is InChI=1S/C27H45NO/c1-3-5-6-22-7-9-23(10-8-22)11-12-24-13-15-25(16-14-24)17-18-26-19-20-27(21-28-26)29-4-2/h19-25H,3-18H2,1-2H3. The number of hydrogen-bond acceptors (Lipinski definition) is 2. The molecule has 0 bridgehead atoms. The molecule has 0 radical (unpaired) electrons. The first kappa shape index (κ1) is 22.6. The minimum atomic E-state index is 0.713. The van der Waals surface area contributed by atoms with Crippen LogP contribution in [0.15, 0.2) is 18.3 Å². The van der Waals surface area contributed by atoms with E-state index in [1.807, 2.05) is 13.1 Å². The molecule has 0 unspecified atom stereocenters. The number of nitrogens with zero attached hydrogens (tertiary/aromatic N) is 1. The Morgan fingerprint density at radius 1 is 0.759 bits per heavy atom. The fraction of sp³-hybridized carbons (Fsp3) is 0.815. The van der Waals surface area contributed by atoms with Gasteiger partial charge in [0.25, 0.3) is 0 Å². The molecule has 1 aromatic heterocycles. The molecule has 2 aliphatic carbocycles. The molecule has 1 heterocycles. The zero-order valence-electron chi connectivity index (χ0n) is 19.2. The maximum atomic E-state index is 5.49. The molecule has 0 N–H and O–H groups in total. The van der Waals surface area contributed by atoms with E-state index >= 15 is 0 Å². The predicted octanol–water partition coefficient (Wildman–Crippen LogP) is 8.00. The smallest absolute Gasteiger partial charge is 0.137 e. The van der Waals surface area contributed by atoms with Gasteiger partial charge in [-0.1, -0.05) is 90.4 Å². The molecule has 1 aromatic rings. The van der Waals surface area contributed by atoms with Crippen LogP contribution in [0.3, 0.4) is 0 Å². The molecule has 0 aromatic carbocycles. The molecule has 164 valence electrons. The Hall–Kier alpha value is -1.05. The van der Waals surface area contributed by atoms with E-state index in [2.05, 4.69) is 24.0 Å². The van der Waals surface area contributed by atoms with Gasteiger partial charge in [0, 0.05) is 5.69 Å². The van der Waals surface area contributed by atoms with Crippen LogP contribution >= 0.6 is 0 Å². The molecule has 0 saturated heterocycles. The molecule has 0 atom stereocenters. The summed E-state index contributed by atoms with van der Waals surface area (Å²) in [5, 5.41) is 0. The van der Waals surface area contributed by atoms with Gasteiger partial charge in [-0.3, -0.25) is 4.98 Å². The molecule has 2 nitrogen and oxygen atoms in total. The molecule has 0 aliphatic heterocycles. The van der Waals surface area contributed by atoms with Gasteiger partial charge in [-0.25, -0.2) is 0 Å². The van der Waals surface area contributed by atoms with Gasteiger partial charge in [-0.05, 0) is 55.6 Å². The maximum absolute atomic E-state index is 5.49. The van der Waals surface area contributed by atoms with Crippen LogP contribution in [0.5, 0.6) is 5.75 Å². The Balaban J connectivity index is 1.26. The highest BCUT2D eigenvalue weighted by atomic mass is 16.5. The summed E-state index contributed by atoms with van der Waals surface area (Å²) in [4.78, 5) is 4.57. The van der Waals surface area contributed by atoms with Crippen molar-refractivity contribution in [3.63, 3.8) is 0 Å². The first-order valence-electron chi connectivity index (χ1n) is 12.8. The van der Waals surface area contributed by atoms with Gasteiger partial charge in [0.2, 0.25) is 0 Å². The molecule has 2 saturated carbocycles. The number of pyridine rings is 1. The van der Waals surface area contributed by atoms with E-state index in [1.54, 1.807) is 0 Å². The zero-order chi connectivity index (χ0) is 20.3. The third-order valence-electron chi connectivity index (χ3n) is 7.80. The number of aryl methyl sites for hydroxylation is 1. The van der Waals surface area contributed by atoms with E-state index < -0.39 is 0 Å². The molecule has 0 amide bonds. The van der Waals surface area contributed by atoms with Crippen LogP contribution in [-0.2, 0) is 6.42 Å². The van der Waals surface area contributed by atoms with Crippen molar-refractivity contribution in [1.82, 2.24) is 4.98 Å². The van der Waals surface area contributed by atoms with Gasteiger partial charge >= 0.3 is 0 Å². The molecule has 3 rings (SSSR count). The Morgan fingerprint density at radius 2 is 1.31 bits per heavy atom.